The zero-order chi connectivity index (χ0) is 16.1. The highest BCUT2D eigenvalue weighted by molar-refractivity contribution is 7.80. The van der Waals surface area contributed by atoms with E-state index >= 15 is 0 Å². The summed E-state index contributed by atoms with van der Waals surface area (Å²) in [6, 6.07) is 4.15. The fraction of sp³-hybridized carbons (Fsp3) is 0.400. The molecule has 0 spiro atoms. The number of nitrogens with zero attached hydrogens (tertiary/aromatic N) is 3. The summed E-state index contributed by atoms with van der Waals surface area (Å²) >= 11 is 8.43. The summed E-state index contributed by atoms with van der Waals surface area (Å²) in [5.41, 5.74) is 3.81. The van der Waals surface area contributed by atoms with E-state index < -0.39 is 0 Å². The summed E-state index contributed by atoms with van der Waals surface area (Å²) in [4.78, 5) is 9.49. The van der Waals surface area contributed by atoms with Crippen LogP contribution in [0.25, 0.3) is 10.6 Å². The lowest BCUT2D eigenvalue weighted by molar-refractivity contribution is 0.577. The standard InChI is InChI=1S/C15H19N5S3/c1-16-14(21)19-17-10-12-13(11-6-5-9-22-11)18-15(23-12)20-7-3-2-4-8-20/h5-6,9-10H,2-4,7-8H2,1H3,(H2,16,19,21). The third kappa shape index (κ3) is 4.07. The Morgan fingerprint density at radius 2 is 2.22 bits per heavy atom. The van der Waals surface area contributed by atoms with E-state index in [4.69, 9.17) is 17.2 Å². The van der Waals surface area contributed by atoms with Gasteiger partial charge < -0.3 is 10.2 Å². The van der Waals surface area contributed by atoms with E-state index in [1.807, 2.05) is 6.21 Å². The van der Waals surface area contributed by atoms with Crippen molar-refractivity contribution < 1.29 is 0 Å². The topological polar surface area (TPSA) is 52.6 Å². The molecule has 0 atom stereocenters. The molecule has 1 aliphatic heterocycles. The zero-order valence-electron chi connectivity index (χ0n) is 12.9. The number of anilines is 1. The lowest BCUT2D eigenvalue weighted by Gasteiger charge is -2.25. The van der Waals surface area contributed by atoms with Crippen molar-refractivity contribution in [2.75, 3.05) is 25.0 Å². The van der Waals surface area contributed by atoms with Gasteiger partial charge in [-0.2, -0.15) is 5.10 Å². The number of thiocarbonyl (C=S) groups is 1. The van der Waals surface area contributed by atoms with Gasteiger partial charge in [0.2, 0.25) is 0 Å². The maximum absolute atomic E-state index is 5.04. The quantitative estimate of drug-likeness (QED) is 0.495. The first-order chi connectivity index (χ1) is 11.3. The van der Waals surface area contributed by atoms with Crippen LogP contribution in [-0.2, 0) is 0 Å². The van der Waals surface area contributed by atoms with Crippen LogP contribution in [0.5, 0.6) is 0 Å². The van der Waals surface area contributed by atoms with Crippen molar-refractivity contribution in [1.29, 1.82) is 0 Å². The van der Waals surface area contributed by atoms with Gasteiger partial charge >= 0.3 is 0 Å². The minimum atomic E-state index is 0.500. The third-order valence-corrected chi connectivity index (χ3v) is 5.82. The second-order valence-corrected chi connectivity index (χ2v) is 7.55. The van der Waals surface area contributed by atoms with Gasteiger partial charge in [-0.3, -0.25) is 5.43 Å². The fourth-order valence-electron chi connectivity index (χ4n) is 2.42. The molecule has 0 amide bonds. The van der Waals surface area contributed by atoms with Gasteiger partial charge in [-0.25, -0.2) is 4.98 Å². The Morgan fingerprint density at radius 3 is 2.91 bits per heavy atom. The van der Waals surface area contributed by atoms with Crippen LogP contribution in [0.1, 0.15) is 24.1 Å². The highest BCUT2D eigenvalue weighted by atomic mass is 32.1. The van der Waals surface area contributed by atoms with E-state index in [0.717, 1.165) is 28.8 Å². The summed E-state index contributed by atoms with van der Waals surface area (Å²) in [7, 11) is 1.77. The molecule has 23 heavy (non-hydrogen) atoms. The molecule has 0 radical (unpaired) electrons. The van der Waals surface area contributed by atoms with Crippen LogP contribution in [0.4, 0.5) is 5.13 Å². The van der Waals surface area contributed by atoms with Crippen LogP contribution in [-0.4, -0.2) is 36.4 Å². The van der Waals surface area contributed by atoms with E-state index in [-0.39, 0.29) is 0 Å². The zero-order valence-corrected chi connectivity index (χ0v) is 15.4. The van der Waals surface area contributed by atoms with Crippen molar-refractivity contribution in [1.82, 2.24) is 15.7 Å². The number of piperidine rings is 1. The molecule has 1 saturated heterocycles. The average molecular weight is 366 g/mol. The van der Waals surface area contributed by atoms with Gasteiger partial charge in [-0.15, -0.1) is 11.3 Å². The van der Waals surface area contributed by atoms with Crippen molar-refractivity contribution in [2.24, 2.45) is 5.10 Å². The van der Waals surface area contributed by atoms with Crippen LogP contribution < -0.4 is 15.6 Å². The van der Waals surface area contributed by atoms with Crippen molar-refractivity contribution in [3.8, 4) is 10.6 Å². The smallest absolute Gasteiger partial charge is 0.186 e. The molecule has 3 heterocycles. The Balaban J connectivity index is 1.86. The van der Waals surface area contributed by atoms with Crippen molar-refractivity contribution >= 4 is 51.4 Å². The molecule has 0 bridgehead atoms. The van der Waals surface area contributed by atoms with Gasteiger partial charge in [0.05, 0.1) is 16.0 Å². The second kappa shape index (κ2) is 7.85. The minimum Gasteiger partial charge on any atom is -0.364 e. The van der Waals surface area contributed by atoms with E-state index in [1.165, 1.54) is 24.1 Å². The molecule has 2 aromatic rings. The molecule has 2 aromatic heterocycles. The Bertz CT molecular complexity index is 671. The highest BCUT2D eigenvalue weighted by Gasteiger charge is 2.19. The Morgan fingerprint density at radius 1 is 1.39 bits per heavy atom. The molecule has 1 aliphatic rings. The first-order valence-electron chi connectivity index (χ1n) is 7.58. The largest absolute Gasteiger partial charge is 0.364 e. The predicted molar refractivity (Wildman–Crippen MR) is 104 cm³/mol. The summed E-state index contributed by atoms with van der Waals surface area (Å²) in [5.74, 6) is 0. The summed E-state index contributed by atoms with van der Waals surface area (Å²) in [6.07, 6.45) is 5.62. The summed E-state index contributed by atoms with van der Waals surface area (Å²) in [5, 5.41) is 10.7. The monoisotopic (exact) mass is 365 g/mol. The molecule has 8 heteroatoms. The number of thiazole rings is 1. The predicted octanol–water partition coefficient (Wildman–Crippen LogP) is 3.29. The van der Waals surface area contributed by atoms with Crippen molar-refractivity contribution in [2.45, 2.75) is 19.3 Å². The minimum absolute atomic E-state index is 0.500. The molecule has 2 N–H and O–H groups in total. The molecule has 0 unspecified atom stereocenters. The molecular formula is C15H19N5S3. The number of nitrogens with one attached hydrogen (secondary N) is 2. The number of hydrazone groups is 1. The SMILES string of the molecule is CNC(=S)NN=Cc1sc(N2CCCCC2)nc1-c1cccs1. The number of rotatable bonds is 4. The van der Waals surface area contributed by atoms with Gasteiger partial charge in [0.15, 0.2) is 10.2 Å². The third-order valence-electron chi connectivity index (χ3n) is 3.60. The van der Waals surface area contributed by atoms with Gasteiger partial charge in [0.1, 0.15) is 5.69 Å². The average Bonchev–Trinajstić information content (AvgIpc) is 3.25. The Hall–Kier alpha value is -1.51. The number of hydrogen-bond donors (Lipinski definition) is 2. The molecule has 0 saturated carbocycles. The lowest BCUT2D eigenvalue weighted by atomic mass is 10.1. The molecule has 3 rings (SSSR count). The maximum Gasteiger partial charge on any atom is 0.186 e. The van der Waals surface area contributed by atoms with Crippen molar-refractivity contribution in [3.63, 3.8) is 0 Å². The van der Waals surface area contributed by atoms with Crippen LogP contribution >= 0.6 is 34.9 Å². The number of hydrogen-bond acceptors (Lipinski definition) is 6. The summed E-state index contributed by atoms with van der Waals surface area (Å²) < 4.78 is 0. The van der Waals surface area contributed by atoms with Crippen LogP contribution in [0.15, 0.2) is 22.6 Å². The molecule has 0 aliphatic carbocycles. The van der Waals surface area contributed by atoms with Crippen LogP contribution in [0.2, 0.25) is 0 Å². The van der Waals surface area contributed by atoms with Crippen molar-refractivity contribution in [3.05, 3.63) is 22.4 Å². The first-order valence-corrected chi connectivity index (χ1v) is 9.69. The van der Waals surface area contributed by atoms with Crippen LogP contribution in [0, 0.1) is 0 Å². The maximum atomic E-state index is 5.04. The van der Waals surface area contributed by atoms with Gasteiger partial charge in [-0.1, -0.05) is 17.4 Å². The van der Waals surface area contributed by atoms with Gasteiger partial charge in [0.25, 0.3) is 0 Å². The molecule has 1 fully saturated rings. The van der Waals surface area contributed by atoms with E-state index in [2.05, 4.69) is 38.3 Å². The highest BCUT2D eigenvalue weighted by Crippen LogP contribution is 2.35. The van der Waals surface area contributed by atoms with Crippen LogP contribution in [0.3, 0.4) is 0 Å². The normalized spacial score (nSPS) is 15.1. The Kier molecular flexibility index (Phi) is 5.58. The fourth-order valence-corrected chi connectivity index (χ4v) is 4.27. The second-order valence-electron chi connectivity index (χ2n) is 5.18. The van der Waals surface area contributed by atoms with E-state index in [1.54, 1.807) is 29.7 Å². The molecule has 122 valence electrons. The molecule has 5 nitrogen and oxygen atoms in total. The number of aromatic nitrogens is 1. The molecule has 0 aromatic carbocycles. The molecular weight excluding hydrogens is 346 g/mol. The Labute approximate surface area is 149 Å². The van der Waals surface area contributed by atoms with E-state index in [0.29, 0.717) is 5.11 Å². The lowest BCUT2D eigenvalue weighted by Crippen LogP contribution is -2.29. The first kappa shape index (κ1) is 16.4. The number of thiophene rings is 1. The van der Waals surface area contributed by atoms with Gasteiger partial charge in [-0.05, 0) is 42.9 Å². The van der Waals surface area contributed by atoms with Gasteiger partial charge in [0, 0.05) is 20.1 Å². The summed E-state index contributed by atoms with van der Waals surface area (Å²) in [6.45, 7) is 2.19. The van der Waals surface area contributed by atoms with E-state index in [9.17, 15) is 0 Å².